The quantitative estimate of drug-likeness (QED) is 0.243. The minimum atomic E-state index is -0.470. The highest BCUT2D eigenvalue weighted by molar-refractivity contribution is 5.98. The van der Waals surface area contributed by atoms with E-state index in [0.29, 0.717) is 17.7 Å². The molecule has 0 radical (unpaired) electrons. The molecule has 0 amide bonds. The molecule has 5 nitrogen and oxygen atoms in total. The van der Waals surface area contributed by atoms with Gasteiger partial charge >= 0.3 is 0 Å². The molecule has 0 atom stereocenters. The van der Waals surface area contributed by atoms with E-state index in [9.17, 15) is 19.8 Å². The van der Waals surface area contributed by atoms with Crippen LogP contribution in [-0.2, 0) is 6.54 Å². The third-order valence-electron chi connectivity index (χ3n) is 4.90. The topological polar surface area (TPSA) is 71.9 Å². The minimum Gasteiger partial charge on any atom is -0.342 e. The van der Waals surface area contributed by atoms with E-state index in [1.54, 1.807) is 30.3 Å². The Hall–Kier alpha value is -4.24. The molecule has 0 N–H and O–H groups in total. The van der Waals surface area contributed by atoms with E-state index in [-0.39, 0.29) is 11.5 Å². The Balaban J connectivity index is 1.75. The Morgan fingerprint density at radius 1 is 1.07 bits per heavy atom. The molecule has 0 bridgehead atoms. The first-order valence-corrected chi connectivity index (χ1v) is 9.24. The van der Waals surface area contributed by atoms with Crippen LogP contribution in [0.2, 0.25) is 0 Å². The van der Waals surface area contributed by atoms with Crippen molar-refractivity contribution in [3.63, 3.8) is 0 Å². The zero-order chi connectivity index (χ0) is 21.1. The summed E-state index contributed by atoms with van der Waals surface area (Å²) in [6.45, 7) is 0.564. The molecule has 0 unspecified atom stereocenters. The van der Waals surface area contributed by atoms with Gasteiger partial charge in [0.1, 0.15) is 5.82 Å². The summed E-state index contributed by atoms with van der Waals surface area (Å²) in [6, 6.07) is 22.3. The molecule has 0 aliphatic carbocycles. The molecular weight excluding hydrogens is 381 g/mol. The largest absolute Gasteiger partial charge is 0.342 e. The van der Waals surface area contributed by atoms with Gasteiger partial charge in [-0.1, -0.05) is 30.3 Å². The van der Waals surface area contributed by atoms with Gasteiger partial charge in [-0.3, -0.25) is 10.1 Å². The first kappa shape index (κ1) is 19.1. The predicted molar refractivity (Wildman–Crippen MR) is 114 cm³/mol. The number of rotatable bonds is 5. The maximum absolute atomic E-state index is 13.2. The third-order valence-corrected chi connectivity index (χ3v) is 4.90. The molecule has 0 saturated heterocycles. The average Bonchev–Trinajstić information content (AvgIpc) is 3.11. The number of aromatic nitrogens is 1. The number of non-ortho nitro benzene ring substituents is 1. The Labute approximate surface area is 172 Å². The summed E-state index contributed by atoms with van der Waals surface area (Å²) in [7, 11) is 0. The number of para-hydroxylation sites is 1. The van der Waals surface area contributed by atoms with Crippen molar-refractivity contribution in [3.05, 3.63) is 112 Å². The number of nitro benzene ring substituents is 1. The van der Waals surface area contributed by atoms with Crippen molar-refractivity contribution in [2.75, 3.05) is 0 Å². The van der Waals surface area contributed by atoms with E-state index in [0.717, 1.165) is 22.0 Å². The predicted octanol–water partition coefficient (Wildman–Crippen LogP) is 5.80. The van der Waals surface area contributed by atoms with Gasteiger partial charge in [0, 0.05) is 41.3 Å². The maximum Gasteiger partial charge on any atom is 0.269 e. The van der Waals surface area contributed by atoms with Crippen LogP contribution in [0.3, 0.4) is 0 Å². The highest BCUT2D eigenvalue weighted by Crippen LogP contribution is 2.27. The molecule has 0 fully saturated rings. The fourth-order valence-corrected chi connectivity index (χ4v) is 3.41. The smallest absolute Gasteiger partial charge is 0.269 e. The van der Waals surface area contributed by atoms with Crippen LogP contribution in [0.15, 0.2) is 79.0 Å². The van der Waals surface area contributed by atoms with E-state index in [1.807, 2.05) is 30.5 Å². The normalized spacial score (nSPS) is 11.4. The lowest BCUT2D eigenvalue weighted by Gasteiger charge is -2.05. The van der Waals surface area contributed by atoms with Gasteiger partial charge in [-0.05, 0) is 47.5 Å². The van der Waals surface area contributed by atoms with Crippen LogP contribution in [0.4, 0.5) is 10.1 Å². The molecular formula is C24H16FN3O2. The lowest BCUT2D eigenvalue weighted by atomic mass is 10.0. The molecule has 0 saturated carbocycles. The molecule has 1 heterocycles. The van der Waals surface area contributed by atoms with Crippen molar-refractivity contribution in [2.24, 2.45) is 0 Å². The first-order chi connectivity index (χ1) is 14.5. The molecule has 146 valence electrons. The second kappa shape index (κ2) is 8.02. The van der Waals surface area contributed by atoms with E-state index in [1.165, 1.54) is 24.3 Å². The van der Waals surface area contributed by atoms with Crippen LogP contribution in [0.5, 0.6) is 0 Å². The fraction of sp³-hybridized carbons (Fsp3) is 0.0417. The zero-order valence-corrected chi connectivity index (χ0v) is 15.8. The molecule has 1 aromatic heterocycles. The Morgan fingerprint density at radius 2 is 1.77 bits per heavy atom. The summed E-state index contributed by atoms with van der Waals surface area (Å²) in [5.41, 5.74) is 3.82. The molecule has 0 aliphatic heterocycles. The van der Waals surface area contributed by atoms with Crippen LogP contribution < -0.4 is 0 Å². The van der Waals surface area contributed by atoms with Crippen LogP contribution >= 0.6 is 0 Å². The fourth-order valence-electron chi connectivity index (χ4n) is 3.41. The van der Waals surface area contributed by atoms with Crippen molar-refractivity contribution in [3.8, 4) is 6.07 Å². The molecule has 4 aromatic rings. The van der Waals surface area contributed by atoms with Gasteiger partial charge in [-0.25, -0.2) is 4.39 Å². The van der Waals surface area contributed by atoms with Crippen LogP contribution in [0.1, 0.15) is 16.7 Å². The summed E-state index contributed by atoms with van der Waals surface area (Å²) in [5.74, 6) is -0.276. The lowest BCUT2D eigenvalue weighted by molar-refractivity contribution is -0.384. The highest BCUT2D eigenvalue weighted by Gasteiger charge is 2.11. The Bertz CT molecular complexity index is 1300. The van der Waals surface area contributed by atoms with Crippen molar-refractivity contribution < 1.29 is 9.31 Å². The molecule has 30 heavy (non-hydrogen) atoms. The zero-order valence-electron chi connectivity index (χ0n) is 15.8. The molecule has 3 aromatic carbocycles. The van der Waals surface area contributed by atoms with E-state index < -0.39 is 4.92 Å². The lowest BCUT2D eigenvalue weighted by Crippen LogP contribution is -1.97. The molecule has 4 rings (SSSR count). The monoisotopic (exact) mass is 397 g/mol. The van der Waals surface area contributed by atoms with Gasteiger partial charge in [0.15, 0.2) is 0 Å². The summed E-state index contributed by atoms with van der Waals surface area (Å²) >= 11 is 0. The average molecular weight is 397 g/mol. The highest BCUT2D eigenvalue weighted by atomic mass is 19.1. The number of nitro groups is 1. The number of halogens is 1. The van der Waals surface area contributed by atoms with Crippen molar-refractivity contribution >= 4 is 28.2 Å². The first-order valence-electron chi connectivity index (χ1n) is 9.24. The number of allylic oxidation sites excluding steroid dienone is 1. The maximum atomic E-state index is 13.2. The minimum absolute atomic E-state index is 0.0214. The Morgan fingerprint density at radius 3 is 2.43 bits per heavy atom. The molecule has 6 heteroatoms. The second-order valence-corrected chi connectivity index (χ2v) is 6.83. The number of nitriles is 1. The van der Waals surface area contributed by atoms with E-state index >= 15 is 0 Å². The summed E-state index contributed by atoms with van der Waals surface area (Å²) in [4.78, 5) is 10.4. The van der Waals surface area contributed by atoms with Gasteiger partial charge in [0.05, 0.1) is 16.6 Å². The number of benzene rings is 3. The molecule has 0 spiro atoms. The summed E-state index contributed by atoms with van der Waals surface area (Å²) in [6.07, 6.45) is 3.74. The van der Waals surface area contributed by atoms with Crippen molar-refractivity contribution in [2.45, 2.75) is 6.54 Å². The SMILES string of the molecule is N#C/C(=C\c1cn(Cc2ccc(F)cc2)c2ccccc12)c1ccc([N+](=O)[O-])cc1. The Kier molecular flexibility index (Phi) is 5.10. The van der Waals surface area contributed by atoms with Gasteiger partial charge in [0.2, 0.25) is 0 Å². The van der Waals surface area contributed by atoms with Gasteiger partial charge in [-0.2, -0.15) is 5.26 Å². The summed E-state index contributed by atoms with van der Waals surface area (Å²) in [5, 5.41) is 21.5. The van der Waals surface area contributed by atoms with Gasteiger partial charge in [-0.15, -0.1) is 0 Å². The number of fused-ring (bicyclic) bond motifs is 1. The van der Waals surface area contributed by atoms with E-state index in [2.05, 4.69) is 10.6 Å². The number of hydrogen-bond donors (Lipinski definition) is 0. The van der Waals surface area contributed by atoms with Crippen LogP contribution in [0, 0.1) is 27.3 Å². The van der Waals surface area contributed by atoms with Gasteiger partial charge in [0.25, 0.3) is 5.69 Å². The van der Waals surface area contributed by atoms with Crippen LogP contribution in [-0.4, -0.2) is 9.49 Å². The number of nitrogens with zero attached hydrogens (tertiary/aromatic N) is 3. The van der Waals surface area contributed by atoms with Crippen molar-refractivity contribution in [1.82, 2.24) is 4.57 Å². The van der Waals surface area contributed by atoms with Crippen molar-refractivity contribution in [1.29, 1.82) is 5.26 Å². The second-order valence-electron chi connectivity index (χ2n) is 6.83. The van der Waals surface area contributed by atoms with E-state index in [4.69, 9.17) is 0 Å². The standard InChI is InChI=1S/C24H16FN3O2/c25-21-9-5-17(6-10-21)15-27-16-20(23-3-1-2-4-24(23)27)13-19(14-26)18-7-11-22(12-8-18)28(29)30/h1-13,16H,15H2/b19-13+. The summed E-state index contributed by atoms with van der Waals surface area (Å²) < 4.78 is 15.3. The third kappa shape index (κ3) is 3.82. The van der Waals surface area contributed by atoms with Gasteiger partial charge < -0.3 is 4.57 Å². The number of hydrogen-bond acceptors (Lipinski definition) is 3. The van der Waals surface area contributed by atoms with Crippen LogP contribution in [0.25, 0.3) is 22.6 Å². The molecule has 0 aliphatic rings.